The lowest BCUT2D eigenvalue weighted by Gasteiger charge is -2.08. The highest BCUT2D eigenvalue weighted by atomic mass is 32.1. The van der Waals surface area contributed by atoms with Crippen LogP contribution in [0, 0.1) is 6.92 Å². The van der Waals surface area contributed by atoms with Crippen LogP contribution in [0.25, 0.3) is 11.3 Å². The highest BCUT2D eigenvalue weighted by molar-refractivity contribution is 7.14. The van der Waals surface area contributed by atoms with E-state index in [1.54, 1.807) is 0 Å². The summed E-state index contributed by atoms with van der Waals surface area (Å²) in [4.78, 5) is 27.7. The van der Waals surface area contributed by atoms with Crippen LogP contribution in [-0.4, -0.2) is 23.4 Å². The number of hydrogen-bond donors (Lipinski definition) is 2. The van der Waals surface area contributed by atoms with Crippen LogP contribution in [0.4, 0.5) is 5.13 Å². The molecule has 2 N–H and O–H groups in total. The monoisotopic (exact) mass is 423 g/mol. The molecule has 2 amide bonds. The van der Waals surface area contributed by atoms with E-state index in [1.807, 2.05) is 60.8 Å². The summed E-state index contributed by atoms with van der Waals surface area (Å²) in [5, 5.41) is 8.12. The molecule has 3 aromatic rings. The molecule has 2 aromatic carbocycles. The number of carbonyl (C=O) groups excluding carboxylic acids is 2. The Hall–Kier alpha value is -3.19. The topological polar surface area (TPSA) is 80.3 Å². The molecule has 0 saturated heterocycles. The van der Waals surface area contributed by atoms with Gasteiger partial charge in [0.15, 0.2) is 5.13 Å². The summed E-state index contributed by atoms with van der Waals surface area (Å²) in [5.74, 6) is 0.723. The van der Waals surface area contributed by atoms with E-state index in [2.05, 4.69) is 15.6 Å². The first-order valence-electron chi connectivity index (χ1n) is 9.79. The smallest absolute Gasteiger partial charge is 0.226 e. The summed E-state index contributed by atoms with van der Waals surface area (Å²) in [6.07, 6.45) is 1.01. The number of aryl methyl sites for hydroxylation is 1. The zero-order valence-electron chi connectivity index (χ0n) is 17.1. The van der Waals surface area contributed by atoms with E-state index in [-0.39, 0.29) is 11.8 Å². The van der Waals surface area contributed by atoms with Crippen molar-refractivity contribution in [1.29, 1.82) is 0 Å². The predicted molar refractivity (Wildman–Crippen MR) is 120 cm³/mol. The second-order valence-corrected chi connectivity index (χ2v) is 7.77. The first kappa shape index (κ1) is 21.5. The fourth-order valence-corrected chi connectivity index (χ4v) is 3.53. The summed E-state index contributed by atoms with van der Waals surface area (Å²) in [6.45, 7) is 4.49. The van der Waals surface area contributed by atoms with Gasteiger partial charge < -0.3 is 15.4 Å². The van der Waals surface area contributed by atoms with E-state index >= 15 is 0 Å². The maximum absolute atomic E-state index is 12.2. The van der Waals surface area contributed by atoms with Gasteiger partial charge in [0, 0.05) is 30.8 Å². The van der Waals surface area contributed by atoms with Gasteiger partial charge in [-0.3, -0.25) is 9.59 Å². The van der Waals surface area contributed by atoms with Crippen LogP contribution in [0.5, 0.6) is 5.75 Å². The van der Waals surface area contributed by atoms with Crippen LogP contribution in [0.15, 0.2) is 53.9 Å². The van der Waals surface area contributed by atoms with Crippen molar-refractivity contribution in [1.82, 2.24) is 10.3 Å². The second kappa shape index (κ2) is 10.5. The minimum Gasteiger partial charge on any atom is -0.493 e. The van der Waals surface area contributed by atoms with E-state index < -0.39 is 0 Å². The number of nitrogens with zero attached hydrogens (tertiary/aromatic N) is 1. The number of carbonyl (C=O) groups is 2. The second-order valence-electron chi connectivity index (χ2n) is 6.91. The van der Waals surface area contributed by atoms with Gasteiger partial charge in [0.05, 0.1) is 12.3 Å². The van der Waals surface area contributed by atoms with Gasteiger partial charge in [-0.05, 0) is 30.5 Å². The summed E-state index contributed by atoms with van der Waals surface area (Å²) >= 11 is 1.40. The third-order valence-corrected chi connectivity index (χ3v) is 5.20. The minimum atomic E-state index is -0.0741. The van der Waals surface area contributed by atoms with Gasteiger partial charge in [0.1, 0.15) is 5.75 Å². The first-order valence-corrected chi connectivity index (χ1v) is 10.7. The highest BCUT2D eigenvalue weighted by Gasteiger charge is 2.09. The third kappa shape index (κ3) is 6.42. The number of amides is 2. The number of hydrogen-bond acceptors (Lipinski definition) is 5. The third-order valence-electron chi connectivity index (χ3n) is 4.44. The van der Waals surface area contributed by atoms with Crippen molar-refractivity contribution < 1.29 is 14.3 Å². The van der Waals surface area contributed by atoms with Crippen LogP contribution < -0.4 is 15.4 Å². The highest BCUT2D eigenvalue weighted by Crippen LogP contribution is 2.25. The minimum absolute atomic E-state index is 0.0549. The molecule has 0 spiro atoms. The molecule has 7 heteroatoms. The van der Waals surface area contributed by atoms with E-state index in [4.69, 9.17) is 4.74 Å². The summed E-state index contributed by atoms with van der Waals surface area (Å²) in [5.41, 5.74) is 3.88. The molecule has 156 valence electrons. The lowest BCUT2D eigenvalue weighted by molar-refractivity contribution is -0.119. The Bertz CT molecular complexity index is 999. The van der Waals surface area contributed by atoms with Crippen LogP contribution in [0.3, 0.4) is 0 Å². The number of para-hydroxylation sites is 1. The van der Waals surface area contributed by atoms with Crippen LogP contribution in [-0.2, 0) is 16.1 Å². The molecule has 0 saturated carbocycles. The van der Waals surface area contributed by atoms with E-state index in [0.29, 0.717) is 31.1 Å². The SMILES string of the molecule is CC(=O)NCc1ccc(-c2csc(NC(=O)CCCOc3ccccc3C)n2)cc1. The number of rotatable bonds is 9. The average molecular weight is 424 g/mol. The average Bonchev–Trinajstić information content (AvgIpc) is 3.19. The van der Waals surface area contributed by atoms with Crippen molar-refractivity contribution in [3.63, 3.8) is 0 Å². The number of aromatic nitrogens is 1. The normalized spacial score (nSPS) is 10.5. The van der Waals surface area contributed by atoms with Crippen molar-refractivity contribution >= 4 is 28.3 Å². The van der Waals surface area contributed by atoms with Gasteiger partial charge in [-0.2, -0.15) is 0 Å². The quantitative estimate of drug-likeness (QED) is 0.495. The molecule has 0 aliphatic rings. The fraction of sp³-hybridized carbons (Fsp3) is 0.261. The molecular weight excluding hydrogens is 398 g/mol. The van der Waals surface area contributed by atoms with Gasteiger partial charge in [0.25, 0.3) is 0 Å². The van der Waals surface area contributed by atoms with E-state index in [9.17, 15) is 9.59 Å². The summed E-state index contributed by atoms with van der Waals surface area (Å²) in [7, 11) is 0. The molecule has 1 aromatic heterocycles. The maximum Gasteiger partial charge on any atom is 0.226 e. The van der Waals surface area contributed by atoms with Crippen molar-refractivity contribution in [2.24, 2.45) is 0 Å². The Kier molecular flexibility index (Phi) is 7.57. The van der Waals surface area contributed by atoms with Crippen LogP contribution in [0.2, 0.25) is 0 Å². The van der Waals surface area contributed by atoms with Gasteiger partial charge in [-0.1, -0.05) is 42.5 Å². The lowest BCUT2D eigenvalue weighted by Crippen LogP contribution is -2.18. The largest absolute Gasteiger partial charge is 0.493 e. The van der Waals surface area contributed by atoms with Crippen molar-refractivity contribution in [3.8, 4) is 17.0 Å². The van der Waals surface area contributed by atoms with Gasteiger partial charge in [0.2, 0.25) is 11.8 Å². The van der Waals surface area contributed by atoms with Crippen molar-refractivity contribution in [3.05, 3.63) is 65.0 Å². The molecule has 30 heavy (non-hydrogen) atoms. The Morgan fingerprint density at radius 2 is 1.87 bits per heavy atom. The molecule has 0 radical (unpaired) electrons. The Morgan fingerprint density at radius 3 is 2.60 bits per heavy atom. The number of anilines is 1. The molecular formula is C23H25N3O3S. The molecule has 0 unspecified atom stereocenters. The summed E-state index contributed by atoms with van der Waals surface area (Å²) in [6, 6.07) is 15.7. The summed E-state index contributed by atoms with van der Waals surface area (Å²) < 4.78 is 5.72. The lowest BCUT2D eigenvalue weighted by atomic mass is 10.1. The number of ether oxygens (including phenoxy) is 1. The molecule has 0 bridgehead atoms. The van der Waals surface area contributed by atoms with Crippen LogP contribution >= 0.6 is 11.3 Å². The van der Waals surface area contributed by atoms with Crippen LogP contribution in [0.1, 0.15) is 30.9 Å². The molecule has 6 nitrogen and oxygen atoms in total. The Morgan fingerprint density at radius 1 is 1.10 bits per heavy atom. The van der Waals surface area contributed by atoms with Gasteiger partial charge >= 0.3 is 0 Å². The molecule has 0 fully saturated rings. The van der Waals surface area contributed by atoms with Crippen molar-refractivity contribution in [2.75, 3.05) is 11.9 Å². The number of thiazole rings is 1. The van der Waals surface area contributed by atoms with Crippen molar-refractivity contribution in [2.45, 2.75) is 33.2 Å². The first-order chi connectivity index (χ1) is 14.5. The Labute approximate surface area is 180 Å². The molecule has 0 aliphatic carbocycles. The molecule has 0 aliphatic heterocycles. The number of nitrogens with one attached hydrogen (secondary N) is 2. The molecule has 0 atom stereocenters. The predicted octanol–water partition coefficient (Wildman–Crippen LogP) is 4.55. The van der Waals surface area contributed by atoms with E-state index in [0.717, 1.165) is 28.1 Å². The molecule has 1 heterocycles. The zero-order chi connectivity index (χ0) is 21.3. The fourth-order valence-electron chi connectivity index (χ4n) is 2.80. The van der Waals surface area contributed by atoms with Gasteiger partial charge in [-0.15, -0.1) is 11.3 Å². The van der Waals surface area contributed by atoms with E-state index in [1.165, 1.54) is 18.3 Å². The maximum atomic E-state index is 12.2. The zero-order valence-corrected chi connectivity index (χ0v) is 17.9. The van der Waals surface area contributed by atoms with Gasteiger partial charge in [-0.25, -0.2) is 4.98 Å². The standard InChI is InChI=1S/C23H25N3O3S/c1-16-6-3-4-7-21(16)29-13-5-8-22(28)26-23-25-20(15-30-23)19-11-9-18(10-12-19)14-24-17(2)27/h3-4,6-7,9-12,15H,5,8,13-14H2,1-2H3,(H,24,27)(H,25,26,28). The Balaban J connectivity index is 1.45. The number of benzene rings is 2. The molecule has 3 rings (SSSR count).